The van der Waals surface area contributed by atoms with E-state index in [4.69, 9.17) is 20.8 Å². The van der Waals surface area contributed by atoms with E-state index in [-0.39, 0.29) is 23.5 Å². The largest absolute Gasteiger partial charge is 0.464 e. The van der Waals surface area contributed by atoms with Crippen LogP contribution >= 0.6 is 11.6 Å². The lowest BCUT2D eigenvalue weighted by Crippen LogP contribution is -2.65. The minimum atomic E-state index is -2.25. The van der Waals surface area contributed by atoms with E-state index >= 15 is 0 Å². The normalized spacial score (nSPS) is 27.1. The van der Waals surface area contributed by atoms with E-state index in [2.05, 4.69) is 45.8 Å². The molecule has 1 saturated heterocycles. The fourth-order valence-corrected chi connectivity index (χ4v) is 6.05. The van der Waals surface area contributed by atoms with Gasteiger partial charge in [0.1, 0.15) is 0 Å². The maximum absolute atomic E-state index is 13.5. The van der Waals surface area contributed by atoms with Crippen LogP contribution in [0.25, 0.3) is 0 Å². The summed E-state index contributed by atoms with van der Waals surface area (Å²) in [5.41, 5.74) is -0.790. The molecule has 0 spiro atoms. The monoisotopic (exact) mass is 457 g/mol. The van der Waals surface area contributed by atoms with Crippen LogP contribution in [0.2, 0.25) is 18.1 Å². The van der Waals surface area contributed by atoms with Gasteiger partial charge < -0.3 is 14.5 Å². The summed E-state index contributed by atoms with van der Waals surface area (Å²) in [6.07, 6.45) is 5.32. The molecule has 1 amide bonds. The Labute approximate surface area is 188 Å². The van der Waals surface area contributed by atoms with Crippen LogP contribution in [0.15, 0.2) is 12.2 Å². The summed E-state index contributed by atoms with van der Waals surface area (Å²) >= 11 is 5.98. The van der Waals surface area contributed by atoms with E-state index in [1.807, 2.05) is 0 Å². The number of amides is 1. The third-order valence-electron chi connectivity index (χ3n) is 7.29. The van der Waals surface area contributed by atoms with Gasteiger partial charge in [-0.1, -0.05) is 46.6 Å². The number of ether oxygens (including phenoxy) is 1. The number of alkyl halides is 1. The molecule has 0 aromatic carbocycles. The number of carbonyl (C=O) groups excluding carboxylic acids is 2. The molecule has 1 saturated carbocycles. The summed E-state index contributed by atoms with van der Waals surface area (Å²) in [6.45, 7) is 17.2. The minimum absolute atomic E-state index is 0.0325. The summed E-state index contributed by atoms with van der Waals surface area (Å²) in [7, 11) is -2.25. The molecule has 3 atom stereocenters. The van der Waals surface area contributed by atoms with E-state index in [1.54, 1.807) is 6.92 Å². The van der Waals surface area contributed by atoms with Crippen molar-refractivity contribution in [2.24, 2.45) is 11.8 Å². The Kier molecular flexibility index (Phi) is 8.25. The lowest BCUT2D eigenvalue weighted by Gasteiger charge is -2.48. The highest BCUT2D eigenvalue weighted by atomic mass is 35.5. The first kappa shape index (κ1) is 25.4. The van der Waals surface area contributed by atoms with Crippen LogP contribution < -0.4 is 5.32 Å². The van der Waals surface area contributed by atoms with Crippen molar-refractivity contribution in [2.45, 2.75) is 96.0 Å². The van der Waals surface area contributed by atoms with Crippen molar-refractivity contribution in [3.05, 3.63) is 12.2 Å². The van der Waals surface area contributed by atoms with E-state index < -0.39 is 31.8 Å². The molecule has 0 unspecified atom stereocenters. The second-order valence-corrected chi connectivity index (χ2v) is 15.4. The van der Waals surface area contributed by atoms with Gasteiger partial charge in [-0.2, -0.15) is 0 Å². The van der Waals surface area contributed by atoms with Crippen molar-refractivity contribution in [1.29, 1.82) is 0 Å². The molecule has 2 fully saturated rings. The van der Waals surface area contributed by atoms with Gasteiger partial charge in [0, 0.05) is 5.88 Å². The number of rotatable bonds is 8. The summed E-state index contributed by atoms with van der Waals surface area (Å²) in [4.78, 5) is 26.5. The van der Waals surface area contributed by atoms with Crippen LogP contribution in [0.5, 0.6) is 0 Å². The molecule has 172 valence electrons. The van der Waals surface area contributed by atoms with Gasteiger partial charge in [-0.05, 0) is 55.8 Å². The summed E-state index contributed by atoms with van der Waals surface area (Å²) in [6, 6.07) is 0. The van der Waals surface area contributed by atoms with Crippen molar-refractivity contribution in [1.82, 2.24) is 5.32 Å². The number of halogens is 1. The molecule has 1 aliphatic heterocycles. The highest BCUT2D eigenvalue weighted by Gasteiger charge is 2.62. The molecule has 30 heavy (non-hydrogen) atoms. The molecule has 1 N–H and O–H groups in total. The molecule has 7 heteroatoms. The number of carbonyl (C=O) groups is 2. The number of esters is 1. The first-order valence-corrected chi connectivity index (χ1v) is 14.8. The van der Waals surface area contributed by atoms with Crippen LogP contribution in [-0.4, -0.2) is 44.3 Å². The SMILES string of the molecule is C=C1[C@@H](CCCl)C(=O)N[C@]1(C(=O)OCC)[C@@H](O[Si](C)(C)C(C)(C)C)C1CCCCC1. The lowest BCUT2D eigenvalue weighted by molar-refractivity contribution is -0.156. The first-order chi connectivity index (χ1) is 13.9. The summed E-state index contributed by atoms with van der Waals surface area (Å²) < 4.78 is 12.5. The second-order valence-electron chi connectivity index (χ2n) is 10.3. The van der Waals surface area contributed by atoms with Gasteiger partial charge >= 0.3 is 5.97 Å². The van der Waals surface area contributed by atoms with Crippen molar-refractivity contribution in [3.63, 3.8) is 0 Å². The topological polar surface area (TPSA) is 64.6 Å². The van der Waals surface area contributed by atoms with Crippen LogP contribution in [0, 0.1) is 11.8 Å². The molecule has 0 aromatic rings. The second kappa shape index (κ2) is 9.74. The number of hydrogen-bond donors (Lipinski definition) is 1. The molecule has 2 rings (SSSR count). The minimum Gasteiger partial charge on any atom is -0.464 e. The fraction of sp³-hybridized carbons (Fsp3) is 0.826. The van der Waals surface area contributed by atoms with Crippen molar-refractivity contribution < 1.29 is 18.8 Å². The van der Waals surface area contributed by atoms with E-state index in [1.165, 1.54) is 6.42 Å². The molecule has 2 aliphatic rings. The van der Waals surface area contributed by atoms with Gasteiger partial charge in [-0.15, -0.1) is 11.6 Å². The predicted molar refractivity (Wildman–Crippen MR) is 124 cm³/mol. The first-order valence-electron chi connectivity index (χ1n) is 11.3. The Morgan fingerprint density at radius 1 is 1.30 bits per heavy atom. The van der Waals surface area contributed by atoms with Crippen molar-refractivity contribution in [2.75, 3.05) is 12.5 Å². The Hall–Kier alpha value is -0.853. The highest BCUT2D eigenvalue weighted by molar-refractivity contribution is 6.74. The van der Waals surface area contributed by atoms with Gasteiger partial charge in [-0.25, -0.2) is 4.79 Å². The van der Waals surface area contributed by atoms with Crippen LogP contribution in [0.1, 0.15) is 66.2 Å². The van der Waals surface area contributed by atoms with Crippen molar-refractivity contribution >= 4 is 31.8 Å². The zero-order valence-electron chi connectivity index (χ0n) is 19.6. The summed E-state index contributed by atoms with van der Waals surface area (Å²) in [5, 5.41) is 3.00. The standard InChI is InChI=1S/C23H40ClNO4Si/c1-8-28-21(27)23(16(2)18(14-15-24)20(26)25-23)19(17-12-10-9-11-13-17)29-30(6,7)22(3,4)5/h17-19H,2,8-15H2,1,3-7H3,(H,25,26)/t18-,19+,23+/m1/s1. The average molecular weight is 458 g/mol. The lowest BCUT2D eigenvalue weighted by atomic mass is 9.73. The Morgan fingerprint density at radius 3 is 2.40 bits per heavy atom. The van der Waals surface area contributed by atoms with E-state index in [0.29, 0.717) is 17.9 Å². The third-order valence-corrected chi connectivity index (χ3v) is 12.0. The zero-order chi connectivity index (χ0) is 22.7. The molecular formula is C23H40ClNO4Si. The van der Waals surface area contributed by atoms with Gasteiger partial charge in [0.2, 0.25) is 5.91 Å². The maximum Gasteiger partial charge on any atom is 0.338 e. The molecule has 0 radical (unpaired) electrons. The molecule has 0 aromatic heterocycles. The van der Waals surface area contributed by atoms with Gasteiger partial charge in [-0.3, -0.25) is 4.79 Å². The van der Waals surface area contributed by atoms with Gasteiger partial charge in [0.05, 0.1) is 18.6 Å². The number of hydrogen-bond acceptors (Lipinski definition) is 4. The molecular weight excluding hydrogens is 418 g/mol. The van der Waals surface area contributed by atoms with Crippen LogP contribution in [-0.2, 0) is 18.8 Å². The van der Waals surface area contributed by atoms with Crippen LogP contribution in [0.3, 0.4) is 0 Å². The Balaban J connectivity index is 2.59. The third kappa shape index (κ3) is 4.81. The van der Waals surface area contributed by atoms with Gasteiger partial charge in [0.25, 0.3) is 0 Å². The van der Waals surface area contributed by atoms with Crippen molar-refractivity contribution in [3.8, 4) is 0 Å². The average Bonchev–Trinajstić information content (AvgIpc) is 2.92. The molecule has 1 heterocycles. The predicted octanol–water partition coefficient (Wildman–Crippen LogP) is 5.19. The van der Waals surface area contributed by atoms with E-state index in [9.17, 15) is 9.59 Å². The smallest absolute Gasteiger partial charge is 0.338 e. The zero-order valence-corrected chi connectivity index (χ0v) is 21.4. The Bertz CT molecular complexity index is 654. The fourth-order valence-electron chi connectivity index (χ4n) is 4.48. The molecule has 5 nitrogen and oxygen atoms in total. The highest BCUT2D eigenvalue weighted by Crippen LogP contribution is 2.47. The number of nitrogens with one attached hydrogen (secondary N) is 1. The summed E-state index contributed by atoms with van der Waals surface area (Å²) in [5.74, 6) is -0.652. The van der Waals surface area contributed by atoms with E-state index in [0.717, 1.165) is 25.7 Å². The molecule has 1 aliphatic carbocycles. The Morgan fingerprint density at radius 2 is 1.90 bits per heavy atom. The van der Waals surface area contributed by atoms with Crippen LogP contribution in [0.4, 0.5) is 0 Å². The molecule has 0 bridgehead atoms. The maximum atomic E-state index is 13.5. The van der Waals surface area contributed by atoms with Gasteiger partial charge in [0.15, 0.2) is 13.9 Å². The quantitative estimate of drug-likeness (QED) is 0.236.